The van der Waals surface area contributed by atoms with Crippen molar-refractivity contribution in [2.75, 3.05) is 0 Å². The molecule has 3 nitrogen and oxygen atoms in total. The Hall–Kier alpha value is -1.12. The van der Waals surface area contributed by atoms with Crippen LogP contribution < -0.4 is 5.56 Å². The monoisotopic (exact) mass is 178 g/mol. The fraction of sp³-hybridized carbons (Fsp3) is 0.600. The number of nitrogens with zero attached hydrogens (tertiary/aromatic N) is 1. The summed E-state index contributed by atoms with van der Waals surface area (Å²) in [5, 5.41) is 0. The van der Waals surface area contributed by atoms with Crippen LogP contribution in [0.3, 0.4) is 0 Å². The normalized spacial score (nSPS) is 16.1. The Bertz CT molecular complexity index is 352. The molecule has 1 aliphatic carbocycles. The Morgan fingerprint density at radius 3 is 3.00 bits per heavy atom. The van der Waals surface area contributed by atoms with Crippen molar-refractivity contribution in [1.82, 2.24) is 9.97 Å². The van der Waals surface area contributed by atoms with Gasteiger partial charge in [-0.2, -0.15) is 0 Å². The first-order valence-corrected chi connectivity index (χ1v) is 4.89. The predicted molar refractivity (Wildman–Crippen MR) is 50.8 cm³/mol. The van der Waals surface area contributed by atoms with E-state index in [1.54, 1.807) is 6.07 Å². The van der Waals surface area contributed by atoms with Gasteiger partial charge in [0, 0.05) is 18.4 Å². The lowest BCUT2D eigenvalue weighted by molar-refractivity contribution is 0.801. The van der Waals surface area contributed by atoms with Gasteiger partial charge in [0.05, 0.1) is 5.69 Å². The number of hydrogen-bond acceptors (Lipinski definition) is 2. The summed E-state index contributed by atoms with van der Waals surface area (Å²) in [6.45, 7) is 2.09. The molecular weight excluding hydrogens is 164 g/mol. The highest BCUT2D eigenvalue weighted by molar-refractivity contribution is 5.14. The first kappa shape index (κ1) is 8.48. The van der Waals surface area contributed by atoms with Gasteiger partial charge in [0.25, 0.3) is 5.56 Å². The molecule has 0 aliphatic heterocycles. The summed E-state index contributed by atoms with van der Waals surface area (Å²) >= 11 is 0. The molecule has 1 saturated carbocycles. The minimum absolute atomic E-state index is 0.000324. The zero-order chi connectivity index (χ0) is 9.26. The maximum Gasteiger partial charge on any atom is 0.251 e. The Kier molecular flexibility index (Phi) is 2.17. The van der Waals surface area contributed by atoms with E-state index in [-0.39, 0.29) is 5.56 Å². The highest BCUT2D eigenvalue weighted by Crippen LogP contribution is 2.38. The van der Waals surface area contributed by atoms with Gasteiger partial charge in [0.1, 0.15) is 5.82 Å². The van der Waals surface area contributed by atoms with Crippen LogP contribution in [0.2, 0.25) is 0 Å². The van der Waals surface area contributed by atoms with Gasteiger partial charge in [-0.15, -0.1) is 0 Å². The predicted octanol–water partition coefficient (Wildman–Crippen LogP) is 1.60. The lowest BCUT2D eigenvalue weighted by Crippen LogP contribution is -2.12. The molecule has 1 fully saturated rings. The smallest absolute Gasteiger partial charge is 0.251 e. The molecule has 1 heterocycles. The minimum Gasteiger partial charge on any atom is -0.311 e. The molecule has 1 aromatic heterocycles. The topological polar surface area (TPSA) is 45.8 Å². The fourth-order valence-electron chi connectivity index (χ4n) is 1.47. The molecule has 0 unspecified atom stereocenters. The average Bonchev–Trinajstić information content (AvgIpc) is 2.85. The third-order valence-corrected chi connectivity index (χ3v) is 2.29. The summed E-state index contributed by atoms with van der Waals surface area (Å²) in [5.74, 6) is 1.41. The van der Waals surface area contributed by atoms with Gasteiger partial charge in [-0.05, 0) is 19.3 Å². The van der Waals surface area contributed by atoms with Gasteiger partial charge < -0.3 is 4.98 Å². The molecule has 0 atom stereocenters. The molecule has 0 bridgehead atoms. The van der Waals surface area contributed by atoms with E-state index in [2.05, 4.69) is 16.9 Å². The van der Waals surface area contributed by atoms with E-state index in [9.17, 15) is 4.79 Å². The summed E-state index contributed by atoms with van der Waals surface area (Å²) in [5.41, 5.74) is 0.993. The number of nitrogens with one attached hydrogen (secondary N) is 1. The first-order valence-electron chi connectivity index (χ1n) is 4.89. The Labute approximate surface area is 77.2 Å². The SMILES string of the molecule is CCCc1nc(C2CC2)cc(=O)[nH]1. The zero-order valence-corrected chi connectivity index (χ0v) is 7.84. The number of hydrogen-bond donors (Lipinski definition) is 1. The second kappa shape index (κ2) is 3.32. The summed E-state index contributed by atoms with van der Waals surface area (Å²) in [6.07, 6.45) is 4.29. The third kappa shape index (κ3) is 1.97. The molecule has 1 aromatic rings. The maximum atomic E-state index is 11.2. The number of aryl methyl sites for hydroxylation is 1. The van der Waals surface area contributed by atoms with Crippen LogP contribution in [0, 0.1) is 0 Å². The highest BCUT2D eigenvalue weighted by atomic mass is 16.1. The van der Waals surface area contributed by atoms with Crippen LogP contribution in [0.15, 0.2) is 10.9 Å². The summed E-state index contributed by atoms with van der Waals surface area (Å²) in [4.78, 5) is 18.4. The number of aromatic nitrogens is 2. The molecule has 3 heteroatoms. The van der Waals surface area contributed by atoms with Crippen LogP contribution in [-0.2, 0) is 6.42 Å². The molecule has 1 aliphatic rings. The van der Waals surface area contributed by atoms with E-state index in [0.717, 1.165) is 24.4 Å². The number of aromatic amines is 1. The second-order valence-electron chi connectivity index (χ2n) is 3.64. The van der Waals surface area contributed by atoms with E-state index in [4.69, 9.17) is 0 Å². The molecule has 0 spiro atoms. The van der Waals surface area contributed by atoms with Crippen molar-refractivity contribution in [2.45, 2.75) is 38.5 Å². The van der Waals surface area contributed by atoms with Crippen molar-refractivity contribution in [2.24, 2.45) is 0 Å². The van der Waals surface area contributed by atoms with Gasteiger partial charge in [0.15, 0.2) is 0 Å². The largest absolute Gasteiger partial charge is 0.311 e. The summed E-state index contributed by atoms with van der Waals surface area (Å²) in [7, 11) is 0. The van der Waals surface area contributed by atoms with Crippen LogP contribution in [-0.4, -0.2) is 9.97 Å². The molecule has 13 heavy (non-hydrogen) atoms. The molecule has 0 saturated heterocycles. The van der Waals surface area contributed by atoms with Crippen molar-refractivity contribution >= 4 is 0 Å². The van der Waals surface area contributed by atoms with Crippen LogP contribution >= 0.6 is 0 Å². The van der Waals surface area contributed by atoms with Gasteiger partial charge in [-0.3, -0.25) is 4.79 Å². The molecule has 0 radical (unpaired) electrons. The van der Waals surface area contributed by atoms with Crippen LogP contribution in [0.25, 0.3) is 0 Å². The first-order chi connectivity index (χ1) is 6.29. The van der Waals surface area contributed by atoms with Crippen LogP contribution in [0.1, 0.15) is 43.6 Å². The van der Waals surface area contributed by atoms with E-state index >= 15 is 0 Å². The lowest BCUT2D eigenvalue weighted by atomic mass is 10.2. The summed E-state index contributed by atoms with van der Waals surface area (Å²) < 4.78 is 0. The summed E-state index contributed by atoms with van der Waals surface area (Å²) in [6, 6.07) is 1.64. The quantitative estimate of drug-likeness (QED) is 0.764. The Morgan fingerprint density at radius 2 is 2.38 bits per heavy atom. The number of rotatable bonds is 3. The fourth-order valence-corrected chi connectivity index (χ4v) is 1.47. The van der Waals surface area contributed by atoms with E-state index < -0.39 is 0 Å². The van der Waals surface area contributed by atoms with Crippen molar-refractivity contribution in [3.8, 4) is 0 Å². The second-order valence-corrected chi connectivity index (χ2v) is 3.64. The molecule has 1 N–H and O–H groups in total. The average molecular weight is 178 g/mol. The lowest BCUT2D eigenvalue weighted by Gasteiger charge is -2.00. The Morgan fingerprint density at radius 1 is 1.62 bits per heavy atom. The van der Waals surface area contributed by atoms with Crippen LogP contribution in [0.5, 0.6) is 0 Å². The van der Waals surface area contributed by atoms with Gasteiger partial charge >= 0.3 is 0 Å². The van der Waals surface area contributed by atoms with E-state index in [1.165, 1.54) is 12.8 Å². The number of H-pyrrole nitrogens is 1. The Balaban J connectivity index is 2.30. The van der Waals surface area contributed by atoms with E-state index in [0.29, 0.717) is 5.92 Å². The van der Waals surface area contributed by atoms with Crippen LogP contribution in [0.4, 0.5) is 0 Å². The molecule has 0 aromatic carbocycles. The van der Waals surface area contributed by atoms with Gasteiger partial charge in [-0.1, -0.05) is 6.92 Å². The molecule has 2 rings (SSSR count). The third-order valence-electron chi connectivity index (χ3n) is 2.29. The van der Waals surface area contributed by atoms with Crippen molar-refractivity contribution in [3.05, 3.63) is 27.9 Å². The minimum atomic E-state index is 0.000324. The van der Waals surface area contributed by atoms with Gasteiger partial charge in [0.2, 0.25) is 0 Å². The highest BCUT2D eigenvalue weighted by Gasteiger charge is 2.25. The van der Waals surface area contributed by atoms with E-state index in [1.807, 2.05) is 0 Å². The molecular formula is C10H14N2O. The molecule has 0 amide bonds. The van der Waals surface area contributed by atoms with Crippen molar-refractivity contribution in [3.63, 3.8) is 0 Å². The van der Waals surface area contributed by atoms with Gasteiger partial charge in [-0.25, -0.2) is 4.98 Å². The zero-order valence-electron chi connectivity index (χ0n) is 7.84. The maximum absolute atomic E-state index is 11.2. The van der Waals surface area contributed by atoms with Crippen molar-refractivity contribution < 1.29 is 0 Å². The molecule has 70 valence electrons. The standard InChI is InChI=1S/C10H14N2O/c1-2-3-9-11-8(7-4-5-7)6-10(13)12-9/h6-7H,2-5H2,1H3,(H,11,12,13). The van der Waals surface area contributed by atoms with Crippen molar-refractivity contribution in [1.29, 1.82) is 0 Å².